The van der Waals surface area contributed by atoms with E-state index in [4.69, 9.17) is 0 Å². The quantitative estimate of drug-likeness (QED) is 0.866. The molecular weight excluding hydrogens is 345 g/mol. The van der Waals surface area contributed by atoms with Gasteiger partial charge in [-0.15, -0.1) is 0 Å². The number of aryl methyl sites for hydroxylation is 1. The number of halogens is 4. The van der Waals surface area contributed by atoms with Gasteiger partial charge >= 0.3 is 6.18 Å². The highest BCUT2D eigenvalue weighted by molar-refractivity contribution is 9.10. The average molecular weight is 365 g/mol. The number of benzene rings is 1. The zero-order valence-corrected chi connectivity index (χ0v) is 13.6. The summed E-state index contributed by atoms with van der Waals surface area (Å²) in [6, 6.07) is 5.69. The molecule has 1 aromatic rings. The molecule has 0 spiro atoms. The van der Waals surface area contributed by atoms with E-state index in [2.05, 4.69) is 26.1 Å². The first kappa shape index (κ1) is 16.8. The molecule has 0 radical (unpaired) electrons. The molecule has 1 aliphatic rings. The molecule has 2 rings (SSSR count). The fourth-order valence-corrected chi connectivity index (χ4v) is 3.49. The molecule has 1 fully saturated rings. The second-order valence-corrected chi connectivity index (χ2v) is 6.33. The van der Waals surface area contributed by atoms with E-state index < -0.39 is 12.6 Å². The van der Waals surface area contributed by atoms with Gasteiger partial charge in [0, 0.05) is 43.1 Å². The van der Waals surface area contributed by atoms with E-state index in [-0.39, 0.29) is 12.5 Å². The summed E-state index contributed by atoms with van der Waals surface area (Å²) in [6.07, 6.45) is -4.75. The van der Waals surface area contributed by atoms with Gasteiger partial charge in [-0.2, -0.15) is 13.2 Å². The third-order valence-corrected chi connectivity index (χ3v) is 4.50. The van der Waals surface area contributed by atoms with Crippen LogP contribution in [0.4, 0.5) is 13.2 Å². The van der Waals surface area contributed by atoms with Crippen LogP contribution < -0.4 is 5.32 Å². The minimum atomic E-state index is -4.11. The minimum absolute atomic E-state index is 0.102. The van der Waals surface area contributed by atoms with Gasteiger partial charge in [-0.1, -0.05) is 28.1 Å². The lowest BCUT2D eigenvalue weighted by Gasteiger charge is -2.36. The first-order chi connectivity index (χ1) is 9.87. The number of hydrogen-bond acceptors (Lipinski definition) is 2. The first-order valence-electron chi connectivity index (χ1n) is 7.14. The maximum atomic E-state index is 12.6. The molecule has 0 amide bonds. The number of hydrogen-bond donors (Lipinski definition) is 1. The van der Waals surface area contributed by atoms with Crippen LogP contribution in [-0.4, -0.2) is 37.3 Å². The normalized spacial score (nSPS) is 18.7. The van der Waals surface area contributed by atoms with Gasteiger partial charge in [0.15, 0.2) is 0 Å². The van der Waals surface area contributed by atoms with Gasteiger partial charge in [0.1, 0.15) is 0 Å². The molecule has 1 aliphatic heterocycles. The molecule has 1 atom stereocenters. The van der Waals surface area contributed by atoms with Crippen molar-refractivity contribution >= 4 is 15.9 Å². The van der Waals surface area contributed by atoms with E-state index in [1.54, 1.807) is 0 Å². The number of alkyl halides is 3. The lowest BCUT2D eigenvalue weighted by Crippen LogP contribution is -2.45. The summed E-state index contributed by atoms with van der Waals surface area (Å²) in [7, 11) is 0. The Morgan fingerprint density at radius 2 is 1.95 bits per heavy atom. The van der Waals surface area contributed by atoms with Crippen molar-refractivity contribution in [1.82, 2.24) is 10.2 Å². The molecule has 0 unspecified atom stereocenters. The third-order valence-electron chi connectivity index (χ3n) is 3.81. The van der Waals surface area contributed by atoms with E-state index in [0.717, 1.165) is 41.8 Å². The number of nitrogens with zero attached hydrogens (tertiary/aromatic N) is 1. The van der Waals surface area contributed by atoms with Crippen LogP contribution >= 0.6 is 15.9 Å². The Labute approximate surface area is 131 Å². The molecule has 1 N–H and O–H groups in total. The first-order valence-corrected chi connectivity index (χ1v) is 7.94. The van der Waals surface area contributed by atoms with Crippen molar-refractivity contribution in [3.8, 4) is 0 Å². The lowest BCUT2D eigenvalue weighted by atomic mass is 9.98. The minimum Gasteiger partial charge on any atom is -0.314 e. The van der Waals surface area contributed by atoms with Crippen LogP contribution in [0.3, 0.4) is 0 Å². The Morgan fingerprint density at radius 1 is 1.29 bits per heavy atom. The molecule has 2 nitrogen and oxygen atoms in total. The second-order valence-electron chi connectivity index (χ2n) is 5.48. The summed E-state index contributed by atoms with van der Waals surface area (Å²) in [6.45, 7) is 5.19. The zero-order valence-electron chi connectivity index (χ0n) is 12.0. The van der Waals surface area contributed by atoms with E-state index >= 15 is 0 Å². The summed E-state index contributed by atoms with van der Waals surface area (Å²) >= 11 is 3.51. The van der Waals surface area contributed by atoms with Crippen LogP contribution in [0, 0.1) is 6.92 Å². The molecule has 0 aromatic heterocycles. The van der Waals surface area contributed by atoms with Crippen molar-refractivity contribution in [2.24, 2.45) is 0 Å². The Balaban J connectivity index is 2.21. The number of rotatable bonds is 4. The topological polar surface area (TPSA) is 15.3 Å². The Bertz CT molecular complexity index is 470. The predicted octanol–water partition coefficient (Wildman–Crippen LogP) is 4.05. The monoisotopic (exact) mass is 364 g/mol. The van der Waals surface area contributed by atoms with Crippen molar-refractivity contribution in [2.45, 2.75) is 32.0 Å². The van der Waals surface area contributed by atoms with Gasteiger partial charge in [-0.3, -0.25) is 4.90 Å². The van der Waals surface area contributed by atoms with Gasteiger partial charge in [-0.25, -0.2) is 0 Å². The van der Waals surface area contributed by atoms with E-state index in [0.29, 0.717) is 0 Å². The highest BCUT2D eigenvalue weighted by Crippen LogP contribution is 2.35. The van der Waals surface area contributed by atoms with Crippen LogP contribution in [0.1, 0.15) is 30.0 Å². The molecule has 0 bridgehead atoms. The summed E-state index contributed by atoms with van der Waals surface area (Å²) in [5.74, 6) is 0. The van der Waals surface area contributed by atoms with Crippen LogP contribution in [0.25, 0.3) is 0 Å². The fourth-order valence-electron chi connectivity index (χ4n) is 2.73. The zero-order chi connectivity index (χ0) is 15.5. The second kappa shape index (κ2) is 7.11. The van der Waals surface area contributed by atoms with Crippen LogP contribution in [0.2, 0.25) is 0 Å². The molecule has 0 saturated carbocycles. The molecule has 1 heterocycles. The molecule has 1 aromatic carbocycles. The van der Waals surface area contributed by atoms with Crippen LogP contribution in [-0.2, 0) is 0 Å². The van der Waals surface area contributed by atoms with Crippen LogP contribution in [0.15, 0.2) is 22.7 Å². The molecule has 1 saturated heterocycles. The van der Waals surface area contributed by atoms with Crippen molar-refractivity contribution < 1.29 is 13.2 Å². The van der Waals surface area contributed by atoms with E-state index in [9.17, 15) is 13.2 Å². The van der Waals surface area contributed by atoms with Gasteiger partial charge in [0.25, 0.3) is 0 Å². The van der Waals surface area contributed by atoms with Crippen molar-refractivity contribution in [1.29, 1.82) is 0 Å². The summed E-state index contributed by atoms with van der Waals surface area (Å²) < 4.78 is 38.8. The van der Waals surface area contributed by atoms with Gasteiger partial charge < -0.3 is 5.32 Å². The summed E-state index contributed by atoms with van der Waals surface area (Å²) in [5.41, 5.74) is 2.05. The molecular formula is C15H20BrF3N2. The van der Waals surface area contributed by atoms with Gasteiger partial charge in [0.05, 0.1) is 0 Å². The maximum absolute atomic E-state index is 12.6. The standard InChI is InChI=1S/C15H20BrF3N2/c1-11-2-3-12(13(16)10-11)14(4-5-15(17,18)19)21-8-6-20-7-9-21/h2-3,10,14,20H,4-9H2,1H3/t14-/m0/s1. The fraction of sp³-hybridized carbons (Fsp3) is 0.600. The lowest BCUT2D eigenvalue weighted by molar-refractivity contribution is -0.138. The maximum Gasteiger partial charge on any atom is 0.389 e. The van der Waals surface area contributed by atoms with Crippen molar-refractivity contribution in [3.63, 3.8) is 0 Å². The summed E-state index contributed by atoms with van der Waals surface area (Å²) in [4.78, 5) is 2.15. The largest absolute Gasteiger partial charge is 0.389 e. The molecule has 118 valence electrons. The highest BCUT2D eigenvalue weighted by Gasteiger charge is 2.31. The molecule has 6 heteroatoms. The summed E-state index contributed by atoms with van der Waals surface area (Å²) in [5, 5.41) is 3.24. The average Bonchev–Trinajstić information content (AvgIpc) is 2.41. The SMILES string of the molecule is Cc1ccc([C@H](CCC(F)(F)F)N2CCNCC2)c(Br)c1. The Kier molecular flexibility index (Phi) is 5.68. The molecule has 0 aliphatic carbocycles. The van der Waals surface area contributed by atoms with Crippen molar-refractivity contribution in [2.75, 3.05) is 26.2 Å². The highest BCUT2D eigenvalue weighted by atomic mass is 79.9. The van der Waals surface area contributed by atoms with Crippen LogP contribution in [0.5, 0.6) is 0 Å². The number of nitrogens with one attached hydrogen (secondary N) is 1. The Hall–Kier alpha value is -0.590. The predicted molar refractivity (Wildman–Crippen MR) is 81.4 cm³/mol. The Morgan fingerprint density at radius 3 is 2.52 bits per heavy atom. The smallest absolute Gasteiger partial charge is 0.314 e. The molecule has 21 heavy (non-hydrogen) atoms. The van der Waals surface area contributed by atoms with E-state index in [1.807, 2.05) is 25.1 Å². The van der Waals surface area contributed by atoms with E-state index in [1.165, 1.54) is 0 Å². The third kappa shape index (κ3) is 4.97. The van der Waals surface area contributed by atoms with Gasteiger partial charge in [-0.05, 0) is 30.5 Å². The number of piperazine rings is 1. The van der Waals surface area contributed by atoms with Crippen molar-refractivity contribution in [3.05, 3.63) is 33.8 Å². The van der Waals surface area contributed by atoms with Gasteiger partial charge in [0.2, 0.25) is 0 Å².